The molecule has 0 rings (SSSR count). The highest BCUT2D eigenvalue weighted by Crippen LogP contribution is 1.83. The van der Waals surface area contributed by atoms with Gasteiger partial charge in [0.2, 0.25) is 9.05 Å². The topological polar surface area (TPSA) is 57.9 Å². The highest BCUT2D eigenvalue weighted by molar-refractivity contribution is 8.13. The van der Waals surface area contributed by atoms with Gasteiger partial charge in [-0.25, -0.2) is 8.42 Å². The Kier molecular flexibility index (Phi) is 6.50. The zero-order chi connectivity index (χ0) is 7.21. The molecule has 0 aliphatic rings. The van der Waals surface area contributed by atoms with Gasteiger partial charge in [0, 0.05) is 17.6 Å². The minimum atomic E-state index is -3.19. The van der Waals surface area contributed by atoms with Crippen molar-refractivity contribution in [1.29, 1.82) is 5.26 Å². The van der Waals surface area contributed by atoms with Crippen LogP contribution in [-0.4, -0.2) is 14.7 Å². The molecule has 48 valence electrons. The van der Waals surface area contributed by atoms with E-state index in [1.807, 2.05) is 0 Å². The molecular weight excluding hydrogens is 150 g/mol. The van der Waals surface area contributed by atoms with Crippen LogP contribution in [0.3, 0.4) is 0 Å². The molecule has 8 heavy (non-hydrogen) atoms. The Hall–Kier alpha value is -0.270. The van der Waals surface area contributed by atoms with Gasteiger partial charge in [-0.3, -0.25) is 0 Å². The summed E-state index contributed by atoms with van der Waals surface area (Å²) in [6.07, 6.45) is 0.925. The second-order valence-electron chi connectivity index (χ2n) is 0.905. The van der Waals surface area contributed by atoms with Gasteiger partial charge >= 0.3 is 0 Å². The molecule has 0 aliphatic carbocycles. The summed E-state index contributed by atoms with van der Waals surface area (Å²) < 4.78 is 18.8. The minimum Gasteiger partial charge on any atom is -0.213 e. The molecule has 0 amide bonds. The van der Waals surface area contributed by atoms with Crippen LogP contribution >= 0.6 is 10.7 Å². The molecule has 0 radical (unpaired) electrons. The number of rotatable bonds is 0. The van der Waals surface area contributed by atoms with Gasteiger partial charge in [-0.2, -0.15) is 5.26 Å². The summed E-state index contributed by atoms with van der Waals surface area (Å²) >= 11 is 0. The predicted octanol–water partition coefficient (Wildman–Crippen LogP) is 0.715. The van der Waals surface area contributed by atoms with Crippen LogP contribution in [0.15, 0.2) is 0 Å². The molecule has 0 aromatic heterocycles. The zero-order valence-corrected chi connectivity index (χ0v) is 6.12. The second kappa shape index (κ2) is 4.88. The van der Waals surface area contributed by atoms with Crippen molar-refractivity contribution in [1.82, 2.24) is 0 Å². The maximum atomic E-state index is 9.40. The average molecular weight is 156 g/mol. The zero-order valence-electron chi connectivity index (χ0n) is 4.55. The fraction of sp³-hybridized carbons (Fsp3) is 0.667. The third-order valence-electron chi connectivity index (χ3n) is 0. The Balaban J connectivity index is 0. The van der Waals surface area contributed by atoms with E-state index in [0.717, 1.165) is 6.26 Å². The molecule has 5 heteroatoms. The monoisotopic (exact) mass is 155 g/mol. The third-order valence-corrected chi connectivity index (χ3v) is 0. The molecule has 0 saturated heterocycles. The number of nitrogens with zero attached hydrogens (tertiary/aromatic N) is 1. The number of hydrogen-bond donors (Lipinski definition) is 0. The molecule has 0 aromatic carbocycles. The molecule has 0 aliphatic heterocycles. The first-order chi connectivity index (χ1) is 3.41. The summed E-state index contributed by atoms with van der Waals surface area (Å²) in [5.74, 6) is 0. The lowest BCUT2D eigenvalue weighted by molar-refractivity contribution is 0.615. The van der Waals surface area contributed by atoms with Gasteiger partial charge in [0.15, 0.2) is 0 Å². The van der Waals surface area contributed by atoms with Gasteiger partial charge in [-0.15, -0.1) is 0 Å². The highest BCUT2D eigenvalue weighted by Gasteiger charge is 1.83. The Morgan fingerprint density at radius 2 is 1.62 bits per heavy atom. The fourth-order valence-corrected chi connectivity index (χ4v) is 0. The van der Waals surface area contributed by atoms with Crippen molar-refractivity contribution < 1.29 is 8.42 Å². The summed E-state index contributed by atoms with van der Waals surface area (Å²) in [6, 6.07) is 1.75. The summed E-state index contributed by atoms with van der Waals surface area (Å²) in [5.41, 5.74) is 0. The smallest absolute Gasteiger partial charge is 0.213 e. The van der Waals surface area contributed by atoms with Crippen molar-refractivity contribution in [3.8, 4) is 6.07 Å². The van der Waals surface area contributed by atoms with E-state index < -0.39 is 9.05 Å². The SMILES string of the molecule is CC#N.CS(=O)(=O)Cl. The van der Waals surface area contributed by atoms with E-state index in [-0.39, 0.29) is 0 Å². The van der Waals surface area contributed by atoms with Crippen molar-refractivity contribution in [3.63, 3.8) is 0 Å². The molecule has 3 nitrogen and oxygen atoms in total. The number of hydrogen-bond acceptors (Lipinski definition) is 3. The number of nitriles is 1. The first-order valence-electron chi connectivity index (χ1n) is 1.62. The Labute approximate surface area is 53.3 Å². The molecule has 0 aromatic rings. The van der Waals surface area contributed by atoms with Crippen LogP contribution in [0.1, 0.15) is 6.92 Å². The lowest BCUT2D eigenvalue weighted by Crippen LogP contribution is -1.76. The van der Waals surface area contributed by atoms with Gasteiger partial charge < -0.3 is 0 Å². The first-order valence-corrected chi connectivity index (χ1v) is 4.34. The van der Waals surface area contributed by atoms with E-state index in [4.69, 9.17) is 5.26 Å². The van der Waals surface area contributed by atoms with Crippen molar-refractivity contribution in [3.05, 3.63) is 0 Å². The Morgan fingerprint density at radius 3 is 1.62 bits per heavy atom. The van der Waals surface area contributed by atoms with Crippen molar-refractivity contribution in [2.24, 2.45) is 0 Å². The van der Waals surface area contributed by atoms with Crippen molar-refractivity contribution >= 4 is 19.7 Å². The maximum Gasteiger partial charge on any atom is 0.229 e. The van der Waals surface area contributed by atoms with Crippen LogP contribution in [0.2, 0.25) is 0 Å². The van der Waals surface area contributed by atoms with Gasteiger partial charge in [-0.1, -0.05) is 0 Å². The van der Waals surface area contributed by atoms with Crippen molar-refractivity contribution in [2.75, 3.05) is 6.26 Å². The van der Waals surface area contributed by atoms with Crippen LogP contribution < -0.4 is 0 Å². The quantitative estimate of drug-likeness (QED) is 0.485. The first kappa shape index (κ1) is 10.7. The molecule has 0 spiro atoms. The van der Waals surface area contributed by atoms with Crippen LogP contribution in [0.25, 0.3) is 0 Å². The molecule has 0 N–H and O–H groups in total. The normalized spacial score (nSPS) is 8.25. The predicted molar refractivity (Wildman–Crippen MR) is 32.0 cm³/mol. The van der Waals surface area contributed by atoms with E-state index in [2.05, 4.69) is 10.7 Å². The molecule has 0 saturated carbocycles. The summed E-state index contributed by atoms with van der Waals surface area (Å²) in [7, 11) is 1.31. The van der Waals surface area contributed by atoms with E-state index in [1.165, 1.54) is 6.92 Å². The maximum absolute atomic E-state index is 9.40. The van der Waals surface area contributed by atoms with Gasteiger partial charge in [0.1, 0.15) is 0 Å². The van der Waals surface area contributed by atoms with Crippen LogP contribution in [0, 0.1) is 11.3 Å². The van der Waals surface area contributed by atoms with E-state index in [0.29, 0.717) is 0 Å². The molecule has 0 heterocycles. The van der Waals surface area contributed by atoms with E-state index >= 15 is 0 Å². The molecule has 0 fully saturated rings. The number of halogens is 1. The third kappa shape index (κ3) is 1760. The standard InChI is InChI=1S/C2H3N.CH3ClO2S/c1-2-3;1-5(2,3)4/h1H3;1H3. The van der Waals surface area contributed by atoms with E-state index in [1.54, 1.807) is 6.07 Å². The van der Waals surface area contributed by atoms with Crippen LogP contribution in [0.4, 0.5) is 0 Å². The summed E-state index contributed by atoms with van der Waals surface area (Å²) in [6.45, 7) is 1.43. The molecule has 0 bridgehead atoms. The Bertz CT molecular complexity index is 158. The average Bonchev–Trinajstić information content (AvgIpc) is 1.27. The van der Waals surface area contributed by atoms with Crippen LogP contribution in [-0.2, 0) is 9.05 Å². The summed E-state index contributed by atoms with van der Waals surface area (Å²) in [5, 5.41) is 7.32. The molecule has 0 atom stereocenters. The summed E-state index contributed by atoms with van der Waals surface area (Å²) in [4.78, 5) is 0. The van der Waals surface area contributed by atoms with Gasteiger partial charge in [0.05, 0.1) is 12.3 Å². The molecule has 0 unspecified atom stereocenters. The van der Waals surface area contributed by atoms with Crippen molar-refractivity contribution in [2.45, 2.75) is 6.92 Å². The lowest BCUT2D eigenvalue weighted by Gasteiger charge is -1.65. The largest absolute Gasteiger partial charge is 0.229 e. The highest BCUT2D eigenvalue weighted by atomic mass is 35.7. The van der Waals surface area contributed by atoms with Gasteiger partial charge in [0.25, 0.3) is 0 Å². The minimum absolute atomic E-state index is 0.925. The van der Waals surface area contributed by atoms with E-state index in [9.17, 15) is 8.42 Å². The lowest BCUT2D eigenvalue weighted by atomic mass is 11.0. The second-order valence-corrected chi connectivity index (χ2v) is 3.95. The Morgan fingerprint density at radius 1 is 1.62 bits per heavy atom. The van der Waals surface area contributed by atoms with Crippen LogP contribution in [0.5, 0.6) is 0 Å². The fourth-order valence-electron chi connectivity index (χ4n) is 0. The molecular formula is C3H6ClNO2S. The van der Waals surface area contributed by atoms with Gasteiger partial charge in [-0.05, 0) is 0 Å².